The third-order valence-electron chi connectivity index (χ3n) is 0.734. The second kappa shape index (κ2) is 3.98. The molecule has 0 unspecified atom stereocenters. The molecule has 0 rings (SSSR count). The predicted molar refractivity (Wildman–Crippen MR) is 34.0 cm³/mol. The Kier molecular flexibility index (Phi) is 4.01. The monoisotopic (exact) mass is 155 g/mol. The van der Waals surface area contributed by atoms with Crippen molar-refractivity contribution in [3.05, 3.63) is 0 Å². The molecule has 0 heterocycles. The second-order valence-corrected chi connectivity index (χ2v) is 1.78. The summed E-state index contributed by atoms with van der Waals surface area (Å²) in [5, 5.41) is 0. The van der Waals surface area contributed by atoms with E-state index in [-0.39, 0.29) is 17.9 Å². The zero-order chi connectivity index (χ0) is 6.57. The number of rotatable bonds is 2. The highest BCUT2D eigenvalue weighted by Crippen LogP contribution is 1.93. The highest BCUT2D eigenvalue weighted by atomic mass is 35.5. The van der Waals surface area contributed by atoms with Crippen LogP contribution in [-0.4, -0.2) is 22.8 Å². The molecule has 8 heavy (non-hydrogen) atoms. The summed E-state index contributed by atoms with van der Waals surface area (Å²) in [7, 11) is 0. The Morgan fingerprint density at radius 3 is 1.88 bits per heavy atom. The van der Waals surface area contributed by atoms with Crippen molar-refractivity contribution >= 4 is 29.1 Å². The lowest BCUT2D eigenvalue weighted by molar-refractivity contribution is -0.127. The summed E-state index contributed by atoms with van der Waals surface area (Å²) in [5.74, 6) is -0.102. The highest BCUT2D eigenvalue weighted by molar-refractivity contribution is 6.21. The van der Waals surface area contributed by atoms with Crippen molar-refractivity contribution in [3.8, 4) is 0 Å². The Bertz CT molecular complexity index is 82.1. The van der Waals surface area contributed by atoms with Crippen LogP contribution >= 0.6 is 23.2 Å². The first-order chi connectivity index (χ1) is 3.72. The van der Waals surface area contributed by atoms with Gasteiger partial charge in [-0.1, -0.05) is 0 Å². The summed E-state index contributed by atoms with van der Waals surface area (Å²) in [4.78, 5) is 11.7. The number of alkyl halides is 2. The van der Waals surface area contributed by atoms with Crippen LogP contribution in [0.2, 0.25) is 0 Å². The molecule has 0 saturated carbocycles. The minimum Gasteiger partial charge on any atom is -0.315 e. The van der Waals surface area contributed by atoms with Gasteiger partial charge >= 0.3 is 0 Å². The summed E-state index contributed by atoms with van der Waals surface area (Å²) in [5.41, 5.74) is 0. The van der Waals surface area contributed by atoms with Crippen LogP contribution in [0.15, 0.2) is 0 Å². The normalized spacial score (nSPS) is 8.88. The van der Waals surface area contributed by atoms with Crippen LogP contribution < -0.4 is 0 Å². The van der Waals surface area contributed by atoms with E-state index in [9.17, 15) is 4.79 Å². The van der Waals surface area contributed by atoms with Crippen LogP contribution in [0.3, 0.4) is 0 Å². The van der Waals surface area contributed by atoms with Crippen LogP contribution in [0.1, 0.15) is 6.92 Å². The van der Waals surface area contributed by atoms with E-state index in [1.807, 2.05) is 0 Å². The van der Waals surface area contributed by atoms with Crippen LogP contribution in [0.25, 0.3) is 0 Å². The zero-order valence-corrected chi connectivity index (χ0v) is 6.04. The predicted octanol–water partition coefficient (Wildman–Crippen LogP) is 1.23. The molecule has 0 aromatic heterocycles. The van der Waals surface area contributed by atoms with Gasteiger partial charge < -0.3 is 4.90 Å². The van der Waals surface area contributed by atoms with Gasteiger partial charge in [0.1, 0.15) is 0 Å². The topological polar surface area (TPSA) is 20.3 Å². The molecule has 0 bridgehead atoms. The maximum atomic E-state index is 10.4. The smallest absolute Gasteiger partial charge is 0.221 e. The van der Waals surface area contributed by atoms with Gasteiger partial charge in [0, 0.05) is 6.92 Å². The molecule has 0 aromatic rings. The third-order valence-corrected chi connectivity index (χ3v) is 1.31. The van der Waals surface area contributed by atoms with Crippen molar-refractivity contribution in [2.75, 3.05) is 12.0 Å². The lowest BCUT2D eigenvalue weighted by Crippen LogP contribution is -2.25. The van der Waals surface area contributed by atoms with E-state index in [0.717, 1.165) is 0 Å². The molecular formula is C4H7Cl2NO. The molecule has 0 aliphatic carbocycles. The van der Waals surface area contributed by atoms with Gasteiger partial charge in [-0.25, -0.2) is 0 Å². The fourth-order valence-electron chi connectivity index (χ4n) is 0.200. The standard InChI is InChI=1S/C4H7Cl2NO/c1-4(8)7(2-5)3-6/h2-3H2,1H3. The van der Waals surface area contributed by atoms with Gasteiger partial charge in [-0.15, -0.1) is 23.2 Å². The maximum absolute atomic E-state index is 10.4. The number of nitrogens with zero attached hydrogens (tertiary/aromatic N) is 1. The second-order valence-electron chi connectivity index (χ2n) is 1.30. The van der Waals surface area contributed by atoms with Gasteiger partial charge in [0.2, 0.25) is 5.91 Å². The zero-order valence-electron chi connectivity index (χ0n) is 4.53. The third kappa shape index (κ3) is 2.38. The van der Waals surface area contributed by atoms with Gasteiger partial charge in [-0.3, -0.25) is 4.79 Å². The number of halogens is 2. The molecule has 2 nitrogen and oxygen atoms in total. The van der Waals surface area contributed by atoms with E-state index in [1.165, 1.54) is 11.8 Å². The minimum atomic E-state index is -0.102. The maximum Gasteiger partial charge on any atom is 0.221 e. The van der Waals surface area contributed by atoms with Gasteiger partial charge in [0.25, 0.3) is 0 Å². The van der Waals surface area contributed by atoms with Crippen molar-refractivity contribution in [2.45, 2.75) is 6.92 Å². The molecule has 0 atom stereocenters. The van der Waals surface area contributed by atoms with Crippen molar-refractivity contribution in [1.29, 1.82) is 0 Å². The SMILES string of the molecule is CC(=O)N(CCl)CCl. The lowest BCUT2D eigenvalue weighted by Gasteiger charge is -2.11. The first-order valence-electron chi connectivity index (χ1n) is 2.09. The van der Waals surface area contributed by atoms with E-state index < -0.39 is 0 Å². The fraction of sp³-hybridized carbons (Fsp3) is 0.750. The van der Waals surface area contributed by atoms with Crippen LogP contribution in [0.4, 0.5) is 0 Å². The number of carbonyl (C=O) groups excluding carboxylic acids is 1. The molecule has 0 radical (unpaired) electrons. The average Bonchev–Trinajstić information content (AvgIpc) is 1.69. The molecule has 0 aromatic carbocycles. The Morgan fingerprint density at radius 1 is 1.50 bits per heavy atom. The Hall–Kier alpha value is 0.0500. The van der Waals surface area contributed by atoms with E-state index in [4.69, 9.17) is 23.2 Å². The van der Waals surface area contributed by atoms with E-state index in [1.54, 1.807) is 0 Å². The Morgan fingerprint density at radius 2 is 1.88 bits per heavy atom. The van der Waals surface area contributed by atoms with E-state index in [2.05, 4.69) is 0 Å². The number of hydrogen-bond acceptors (Lipinski definition) is 1. The Balaban J connectivity index is 3.52. The van der Waals surface area contributed by atoms with Crippen molar-refractivity contribution < 1.29 is 4.79 Å². The summed E-state index contributed by atoms with van der Waals surface area (Å²) in [6.07, 6.45) is 0. The fourth-order valence-corrected chi connectivity index (χ4v) is 0.792. The van der Waals surface area contributed by atoms with Crippen molar-refractivity contribution in [1.82, 2.24) is 4.90 Å². The first-order valence-corrected chi connectivity index (χ1v) is 3.16. The highest BCUT2D eigenvalue weighted by Gasteiger charge is 2.01. The van der Waals surface area contributed by atoms with Crippen molar-refractivity contribution in [3.63, 3.8) is 0 Å². The summed E-state index contributed by atoms with van der Waals surface area (Å²) < 4.78 is 0. The minimum absolute atomic E-state index is 0.102. The van der Waals surface area contributed by atoms with Crippen molar-refractivity contribution in [2.24, 2.45) is 0 Å². The summed E-state index contributed by atoms with van der Waals surface area (Å²) >= 11 is 10.6. The lowest BCUT2D eigenvalue weighted by atomic mass is 10.6. The van der Waals surface area contributed by atoms with Crippen LogP contribution in [-0.2, 0) is 4.79 Å². The van der Waals surface area contributed by atoms with Gasteiger partial charge in [0.15, 0.2) is 0 Å². The average molecular weight is 156 g/mol. The summed E-state index contributed by atoms with van der Waals surface area (Å²) in [6.45, 7) is 1.42. The van der Waals surface area contributed by atoms with Gasteiger partial charge in [0.05, 0.1) is 12.0 Å². The molecule has 0 N–H and O–H groups in total. The molecule has 4 heteroatoms. The molecule has 1 amide bonds. The molecule has 0 aliphatic heterocycles. The van der Waals surface area contributed by atoms with Crippen LogP contribution in [0, 0.1) is 0 Å². The quantitative estimate of drug-likeness (QED) is 0.434. The van der Waals surface area contributed by atoms with E-state index in [0.29, 0.717) is 0 Å². The molecule has 0 fully saturated rings. The molecule has 48 valence electrons. The Labute approximate surface area is 58.4 Å². The molecule has 0 spiro atoms. The van der Waals surface area contributed by atoms with E-state index >= 15 is 0 Å². The van der Waals surface area contributed by atoms with Crippen LogP contribution in [0.5, 0.6) is 0 Å². The number of carbonyl (C=O) groups is 1. The molecular weight excluding hydrogens is 149 g/mol. The number of hydrogen-bond donors (Lipinski definition) is 0. The largest absolute Gasteiger partial charge is 0.315 e. The van der Waals surface area contributed by atoms with Gasteiger partial charge in [-0.05, 0) is 0 Å². The molecule has 0 saturated heterocycles. The molecule has 0 aliphatic rings. The summed E-state index contributed by atoms with van der Waals surface area (Å²) in [6, 6.07) is 0.331. The first kappa shape index (κ1) is 8.05. The van der Waals surface area contributed by atoms with Gasteiger partial charge in [-0.2, -0.15) is 0 Å². The number of amides is 1.